The van der Waals surface area contributed by atoms with E-state index in [2.05, 4.69) is 4.98 Å². The Hall–Kier alpha value is -0.870. The molecular weight excluding hydrogens is 186 g/mol. The number of carbonyl (C=O) groups excluding carboxylic acids is 1. The van der Waals surface area contributed by atoms with E-state index in [1.54, 1.807) is 31.1 Å². The second-order valence-electron chi connectivity index (χ2n) is 2.39. The molecule has 1 heterocycles. The van der Waals surface area contributed by atoms with Crippen LogP contribution in [-0.2, 0) is 4.74 Å². The van der Waals surface area contributed by atoms with E-state index in [0.717, 1.165) is 17.1 Å². The van der Waals surface area contributed by atoms with Crippen LogP contribution in [0.1, 0.15) is 10.4 Å². The second kappa shape index (κ2) is 5.72. The molecule has 0 spiro atoms. The Labute approximate surface area is 81.5 Å². The van der Waals surface area contributed by atoms with Crippen LogP contribution in [0.25, 0.3) is 0 Å². The molecule has 70 valence electrons. The predicted octanol–water partition coefficient (Wildman–Crippen LogP) is 1.63. The maximum atomic E-state index is 10.3. The Bertz CT molecular complexity index is 261. The van der Waals surface area contributed by atoms with Crippen LogP contribution in [0.15, 0.2) is 23.4 Å². The summed E-state index contributed by atoms with van der Waals surface area (Å²) >= 11 is 1.61. The van der Waals surface area contributed by atoms with Gasteiger partial charge in [0.2, 0.25) is 0 Å². The number of ether oxygens (including phenoxy) is 1. The van der Waals surface area contributed by atoms with Crippen molar-refractivity contribution in [2.24, 2.45) is 0 Å². The predicted molar refractivity (Wildman–Crippen MR) is 52.2 cm³/mol. The molecule has 13 heavy (non-hydrogen) atoms. The van der Waals surface area contributed by atoms with Crippen molar-refractivity contribution in [3.05, 3.63) is 23.9 Å². The van der Waals surface area contributed by atoms with E-state index in [1.165, 1.54) is 0 Å². The minimum absolute atomic E-state index is 0.607. The van der Waals surface area contributed by atoms with E-state index in [4.69, 9.17) is 4.74 Å². The van der Waals surface area contributed by atoms with E-state index in [0.29, 0.717) is 12.2 Å². The van der Waals surface area contributed by atoms with E-state index >= 15 is 0 Å². The summed E-state index contributed by atoms with van der Waals surface area (Å²) in [5.74, 6) is 0.879. The lowest BCUT2D eigenvalue weighted by atomic mass is 10.3. The van der Waals surface area contributed by atoms with Crippen LogP contribution in [0.3, 0.4) is 0 Å². The quantitative estimate of drug-likeness (QED) is 0.408. The lowest BCUT2D eigenvalue weighted by Gasteiger charge is -1.99. The molecule has 0 atom stereocenters. The Kier molecular flexibility index (Phi) is 4.49. The average molecular weight is 197 g/mol. The molecule has 0 aliphatic rings. The van der Waals surface area contributed by atoms with Gasteiger partial charge in [0.15, 0.2) is 6.29 Å². The summed E-state index contributed by atoms with van der Waals surface area (Å²) in [5.41, 5.74) is 0.607. The molecule has 0 aliphatic heterocycles. The first-order valence-corrected chi connectivity index (χ1v) is 4.88. The first-order chi connectivity index (χ1) is 6.36. The number of pyridine rings is 1. The molecule has 1 rings (SSSR count). The van der Waals surface area contributed by atoms with Crippen LogP contribution >= 0.6 is 11.8 Å². The van der Waals surface area contributed by atoms with Crippen molar-refractivity contribution in [1.82, 2.24) is 4.98 Å². The molecule has 0 aromatic carbocycles. The zero-order valence-corrected chi connectivity index (χ0v) is 8.21. The number of aromatic nitrogens is 1. The summed E-state index contributed by atoms with van der Waals surface area (Å²) in [4.78, 5) is 14.4. The maximum Gasteiger partial charge on any atom is 0.151 e. The third kappa shape index (κ3) is 3.57. The Balaban J connectivity index is 2.44. The largest absolute Gasteiger partial charge is 0.384 e. The van der Waals surface area contributed by atoms with Crippen LogP contribution in [0, 0.1) is 0 Å². The number of nitrogens with zero attached hydrogens (tertiary/aromatic N) is 1. The van der Waals surface area contributed by atoms with Gasteiger partial charge in [0.1, 0.15) is 0 Å². The zero-order valence-electron chi connectivity index (χ0n) is 7.40. The maximum absolute atomic E-state index is 10.3. The lowest BCUT2D eigenvalue weighted by molar-refractivity contribution is 0.112. The molecule has 3 nitrogen and oxygen atoms in total. The van der Waals surface area contributed by atoms with Gasteiger partial charge in [0, 0.05) is 24.6 Å². The fraction of sp³-hybridized carbons (Fsp3) is 0.333. The monoisotopic (exact) mass is 197 g/mol. The summed E-state index contributed by atoms with van der Waals surface area (Å²) in [6.07, 6.45) is 2.36. The van der Waals surface area contributed by atoms with Gasteiger partial charge in [0.05, 0.1) is 11.6 Å². The highest BCUT2D eigenvalue weighted by molar-refractivity contribution is 7.99. The number of aldehydes is 1. The smallest absolute Gasteiger partial charge is 0.151 e. The molecular formula is C9H11NO2S. The van der Waals surface area contributed by atoms with Crippen LogP contribution in [-0.4, -0.2) is 30.7 Å². The zero-order chi connectivity index (χ0) is 9.52. The second-order valence-corrected chi connectivity index (χ2v) is 3.50. The molecule has 0 fully saturated rings. The van der Waals surface area contributed by atoms with Gasteiger partial charge in [-0.1, -0.05) is 0 Å². The first kappa shape index (κ1) is 10.2. The van der Waals surface area contributed by atoms with Gasteiger partial charge < -0.3 is 4.74 Å². The highest BCUT2D eigenvalue weighted by Gasteiger charge is 1.95. The van der Waals surface area contributed by atoms with E-state index in [9.17, 15) is 4.79 Å². The normalized spacial score (nSPS) is 9.92. The van der Waals surface area contributed by atoms with E-state index in [-0.39, 0.29) is 0 Å². The van der Waals surface area contributed by atoms with Crippen LogP contribution in [0.2, 0.25) is 0 Å². The number of methoxy groups -OCH3 is 1. The van der Waals surface area contributed by atoms with Gasteiger partial charge in [-0.15, -0.1) is 11.8 Å². The minimum Gasteiger partial charge on any atom is -0.384 e. The molecule has 0 bridgehead atoms. The van der Waals surface area contributed by atoms with Gasteiger partial charge in [0.25, 0.3) is 0 Å². The standard InChI is InChI=1S/C9H11NO2S/c1-12-4-5-13-9-3-2-8(7-11)6-10-9/h2-3,6-7H,4-5H2,1H3. The Morgan fingerprint density at radius 3 is 3.00 bits per heavy atom. The number of rotatable bonds is 5. The molecule has 0 aliphatic carbocycles. The van der Waals surface area contributed by atoms with Crippen molar-refractivity contribution in [2.45, 2.75) is 5.03 Å². The topological polar surface area (TPSA) is 39.2 Å². The number of thioether (sulfide) groups is 1. The highest BCUT2D eigenvalue weighted by atomic mass is 32.2. The van der Waals surface area contributed by atoms with Gasteiger partial charge >= 0.3 is 0 Å². The lowest BCUT2D eigenvalue weighted by Crippen LogP contribution is -1.92. The van der Waals surface area contributed by atoms with E-state index in [1.807, 2.05) is 6.07 Å². The van der Waals surface area contributed by atoms with E-state index < -0.39 is 0 Å². The van der Waals surface area contributed by atoms with Crippen LogP contribution < -0.4 is 0 Å². The molecule has 1 aromatic heterocycles. The molecule has 4 heteroatoms. The first-order valence-electron chi connectivity index (χ1n) is 3.90. The molecule has 0 saturated heterocycles. The summed E-state index contributed by atoms with van der Waals surface area (Å²) in [7, 11) is 1.67. The fourth-order valence-corrected chi connectivity index (χ4v) is 1.53. The van der Waals surface area contributed by atoms with Crippen LogP contribution in [0.5, 0.6) is 0 Å². The Morgan fingerprint density at radius 2 is 2.46 bits per heavy atom. The fourth-order valence-electron chi connectivity index (χ4n) is 0.776. The van der Waals surface area contributed by atoms with Gasteiger partial charge in [-0.25, -0.2) is 4.98 Å². The summed E-state index contributed by atoms with van der Waals surface area (Å²) in [6, 6.07) is 3.60. The molecule has 0 saturated carbocycles. The molecule has 0 radical (unpaired) electrons. The van der Waals surface area contributed by atoms with Crippen molar-refractivity contribution >= 4 is 18.0 Å². The summed E-state index contributed by atoms with van der Waals surface area (Å²) in [5, 5.41) is 0.919. The summed E-state index contributed by atoms with van der Waals surface area (Å²) in [6.45, 7) is 0.710. The highest BCUT2D eigenvalue weighted by Crippen LogP contribution is 2.13. The number of carbonyl (C=O) groups is 1. The van der Waals surface area contributed by atoms with Crippen molar-refractivity contribution in [1.29, 1.82) is 0 Å². The summed E-state index contributed by atoms with van der Waals surface area (Å²) < 4.78 is 4.90. The molecule has 0 unspecified atom stereocenters. The van der Waals surface area contributed by atoms with Gasteiger partial charge in [-0.3, -0.25) is 4.79 Å². The van der Waals surface area contributed by atoms with Gasteiger partial charge in [-0.05, 0) is 12.1 Å². The third-order valence-corrected chi connectivity index (χ3v) is 2.34. The minimum atomic E-state index is 0.607. The van der Waals surface area contributed by atoms with Crippen molar-refractivity contribution in [3.8, 4) is 0 Å². The third-order valence-electron chi connectivity index (χ3n) is 1.43. The van der Waals surface area contributed by atoms with Crippen molar-refractivity contribution in [3.63, 3.8) is 0 Å². The van der Waals surface area contributed by atoms with Crippen molar-refractivity contribution in [2.75, 3.05) is 19.5 Å². The van der Waals surface area contributed by atoms with Crippen molar-refractivity contribution < 1.29 is 9.53 Å². The molecule has 1 aromatic rings. The number of hydrogen-bond acceptors (Lipinski definition) is 4. The number of hydrogen-bond donors (Lipinski definition) is 0. The SMILES string of the molecule is COCCSc1ccc(C=O)cn1. The Morgan fingerprint density at radius 1 is 1.62 bits per heavy atom. The van der Waals surface area contributed by atoms with Gasteiger partial charge in [-0.2, -0.15) is 0 Å². The van der Waals surface area contributed by atoms with Crippen LogP contribution in [0.4, 0.5) is 0 Å². The molecule has 0 N–H and O–H groups in total. The molecule has 0 amide bonds. The average Bonchev–Trinajstić information content (AvgIpc) is 2.19.